The Bertz CT molecular complexity index is 318. The zero-order valence-electron chi connectivity index (χ0n) is 8.88. The highest BCUT2D eigenvalue weighted by atomic mass is 14.9. The molecule has 0 aromatic heterocycles. The summed E-state index contributed by atoms with van der Waals surface area (Å²) in [4.78, 5) is 0. The molecule has 0 aliphatic carbocycles. The third-order valence-electron chi connectivity index (χ3n) is 2.13. The van der Waals surface area contributed by atoms with Gasteiger partial charge in [0, 0.05) is 6.04 Å². The lowest BCUT2D eigenvalue weighted by Gasteiger charge is -2.15. The van der Waals surface area contributed by atoms with Crippen LogP contribution in [0.25, 0.3) is 0 Å². The minimum atomic E-state index is 0.372. The molecule has 0 saturated heterocycles. The summed E-state index contributed by atoms with van der Waals surface area (Å²) >= 11 is 0. The Labute approximate surface area is 85.8 Å². The van der Waals surface area contributed by atoms with Gasteiger partial charge in [-0.3, -0.25) is 0 Å². The molecule has 76 valence electrons. The number of anilines is 2. The normalized spacial score (nSPS) is 12.1. The van der Waals surface area contributed by atoms with Crippen molar-refractivity contribution in [2.45, 2.75) is 26.3 Å². The third kappa shape index (κ3) is 2.80. The summed E-state index contributed by atoms with van der Waals surface area (Å²) in [5, 5.41) is 3.36. The molecule has 0 heterocycles. The maximum Gasteiger partial charge on any atom is 0.0578 e. The molecule has 0 saturated carbocycles. The fraction of sp³-hybridized carbons (Fsp3) is 0.333. The van der Waals surface area contributed by atoms with Crippen LogP contribution in [-0.2, 0) is 0 Å². The molecule has 1 aromatic rings. The van der Waals surface area contributed by atoms with Crippen LogP contribution in [0.4, 0.5) is 11.4 Å². The minimum absolute atomic E-state index is 0.372. The number of hydrogen-bond acceptors (Lipinski definition) is 2. The van der Waals surface area contributed by atoms with Gasteiger partial charge in [0.1, 0.15) is 0 Å². The fourth-order valence-electron chi connectivity index (χ4n) is 1.37. The third-order valence-corrected chi connectivity index (χ3v) is 2.13. The lowest BCUT2D eigenvalue weighted by molar-refractivity contribution is 0.814. The Kier molecular flexibility index (Phi) is 3.57. The van der Waals surface area contributed by atoms with Gasteiger partial charge in [-0.25, -0.2) is 0 Å². The van der Waals surface area contributed by atoms with Crippen LogP contribution in [0.15, 0.2) is 30.9 Å². The molecule has 0 fully saturated rings. The van der Waals surface area contributed by atoms with Crippen molar-refractivity contribution in [3.05, 3.63) is 36.4 Å². The second-order valence-electron chi connectivity index (χ2n) is 3.66. The van der Waals surface area contributed by atoms with Crippen molar-refractivity contribution >= 4 is 11.4 Å². The summed E-state index contributed by atoms with van der Waals surface area (Å²) in [6.07, 6.45) is 2.84. The zero-order chi connectivity index (χ0) is 10.6. The highest BCUT2D eigenvalue weighted by Crippen LogP contribution is 2.20. The van der Waals surface area contributed by atoms with Crippen LogP contribution in [0.2, 0.25) is 0 Å². The fourth-order valence-corrected chi connectivity index (χ4v) is 1.37. The quantitative estimate of drug-likeness (QED) is 0.566. The van der Waals surface area contributed by atoms with Gasteiger partial charge in [0.2, 0.25) is 0 Å². The SMILES string of the molecule is C=CCC(C)Nc1cc(C)ccc1N. The Hall–Kier alpha value is -1.44. The second kappa shape index (κ2) is 4.70. The van der Waals surface area contributed by atoms with E-state index in [-0.39, 0.29) is 0 Å². The van der Waals surface area contributed by atoms with Gasteiger partial charge in [-0.05, 0) is 38.0 Å². The molecule has 2 heteroatoms. The Balaban J connectivity index is 2.74. The summed E-state index contributed by atoms with van der Waals surface area (Å²) in [5.74, 6) is 0. The summed E-state index contributed by atoms with van der Waals surface area (Å²) in [6, 6.07) is 6.38. The van der Waals surface area contributed by atoms with Crippen LogP contribution in [0.5, 0.6) is 0 Å². The van der Waals surface area contributed by atoms with Crippen LogP contribution in [0, 0.1) is 6.92 Å². The first kappa shape index (κ1) is 10.6. The number of aryl methyl sites for hydroxylation is 1. The maximum absolute atomic E-state index is 5.85. The Morgan fingerprint density at radius 1 is 1.57 bits per heavy atom. The van der Waals surface area contributed by atoms with E-state index in [1.165, 1.54) is 5.56 Å². The van der Waals surface area contributed by atoms with E-state index in [1.54, 1.807) is 0 Å². The standard InChI is InChI=1S/C12H18N2/c1-4-5-10(3)14-12-8-9(2)6-7-11(12)13/h4,6-8,10,14H,1,5,13H2,2-3H3. The smallest absolute Gasteiger partial charge is 0.0578 e. The van der Waals surface area contributed by atoms with Crippen LogP contribution in [-0.4, -0.2) is 6.04 Å². The van der Waals surface area contributed by atoms with E-state index >= 15 is 0 Å². The summed E-state index contributed by atoms with van der Waals surface area (Å²) in [5.41, 5.74) is 8.87. The maximum atomic E-state index is 5.85. The highest BCUT2D eigenvalue weighted by Gasteiger charge is 2.02. The number of nitrogens with two attached hydrogens (primary N) is 1. The first-order valence-corrected chi connectivity index (χ1v) is 4.87. The average Bonchev–Trinajstić information content (AvgIpc) is 2.12. The zero-order valence-corrected chi connectivity index (χ0v) is 8.88. The van der Waals surface area contributed by atoms with Crippen molar-refractivity contribution in [2.24, 2.45) is 0 Å². The van der Waals surface area contributed by atoms with Crippen molar-refractivity contribution in [1.82, 2.24) is 0 Å². The molecule has 0 aliphatic heterocycles. The van der Waals surface area contributed by atoms with Gasteiger partial charge in [-0.2, -0.15) is 0 Å². The molecule has 0 bridgehead atoms. The predicted octanol–water partition coefficient (Wildman–Crippen LogP) is 2.95. The molecule has 0 aliphatic rings. The van der Waals surface area contributed by atoms with Gasteiger partial charge in [0.25, 0.3) is 0 Å². The number of rotatable bonds is 4. The average molecular weight is 190 g/mol. The predicted molar refractivity (Wildman–Crippen MR) is 63.5 cm³/mol. The van der Waals surface area contributed by atoms with Crippen molar-refractivity contribution in [3.63, 3.8) is 0 Å². The number of benzene rings is 1. The van der Waals surface area contributed by atoms with Gasteiger partial charge in [-0.15, -0.1) is 6.58 Å². The molecule has 3 N–H and O–H groups in total. The molecule has 14 heavy (non-hydrogen) atoms. The Morgan fingerprint density at radius 2 is 2.29 bits per heavy atom. The first-order chi connectivity index (χ1) is 6.63. The van der Waals surface area contributed by atoms with E-state index in [2.05, 4.69) is 31.8 Å². The molecule has 1 aromatic carbocycles. The van der Waals surface area contributed by atoms with Crippen LogP contribution in [0.1, 0.15) is 18.9 Å². The molecular weight excluding hydrogens is 172 g/mol. The van der Waals surface area contributed by atoms with Gasteiger partial charge in [0.05, 0.1) is 11.4 Å². The van der Waals surface area contributed by atoms with E-state index in [4.69, 9.17) is 5.73 Å². The summed E-state index contributed by atoms with van der Waals surface area (Å²) in [6.45, 7) is 7.88. The van der Waals surface area contributed by atoms with Crippen molar-refractivity contribution in [1.29, 1.82) is 0 Å². The highest BCUT2D eigenvalue weighted by molar-refractivity contribution is 5.67. The van der Waals surface area contributed by atoms with E-state index in [9.17, 15) is 0 Å². The van der Waals surface area contributed by atoms with Gasteiger partial charge in [0.15, 0.2) is 0 Å². The van der Waals surface area contributed by atoms with E-state index < -0.39 is 0 Å². The van der Waals surface area contributed by atoms with E-state index in [0.717, 1.165) is 17.8 Å². The van der Waals surface area contributed by atoms with Crippen LogP contribution < -0.4 is 11.1 Å². The molecule has 2 nitrogen and oxygen atoms in total. The minimum Gasteiger partial charge on any atom is -0.397 e. The van der Waals surface area contributed by atoms with E-state index in [1.807, 2.05) is 18.2 Å². The first-order valence-electron chi connectivity index (χ1n) is 4.87. The number of nitrogens with one attached hydrogen (secondary N) is 1. The number of hydrogen-bond donors (Lipinski definition) is 2. The molecule has 0 spiro atoms. The van der Waals surface area contributed by atoms with Crippen LogP contribution >= 0.6 is 0 Å². The summed E-state index contributed by atoms with van der Waals surface area (Å²) < 4.78 is 0. The van der Waals surface area contributed by atoms with E-state index in [0.29, 0.717) is 6.04 Å². The molecule has 1 atom stereocenters. The molecule has 0 radical (unpaired) electrons. The van der Waals surface area contributed by atoms with Crippen molar-refractivity contribution in [2.75, 3.05) is 11.1 Å². The lowest BCUT2D eigenvalue weighted by atomic mass is 10.1. The largest absolute Gasteiger partial charge is 0.397 e. The lowest BCUT2D eigenvalue weighted by Crippen LogP contribution is -2.15. The van der Waals surface area contributed by atoms with Gasteiger partial charge >= 0.3 is 0 Å². The molecule has 1 rings (SSSR count). The topological polar surface area (TPSA) is 38.0 Å². The van der Waals surface area contributed by atoms with Crippen molar-refractivity contribution < 1.29 is 0 Å². The monoisotopic (exact) mass is 190 g/mol. The van der Waals surface area contributed by atoms with Gasteiger partial charge < -0.3 is 11.1 Å². The number of nitrogen functional groups attached to an aromatic ring is 1. The summed E-state index contributed by atoms with van der Waals surface area (Å²) in [7, 11) is 0. The van der Waals surface area contributed by atoms with Crippen molar-refractivity contribution in [3.8, 4) is 0 Å². The Morgan fingerprint density at radius 3 is 2.93 bits per heavy atom. The van der Waals surface area contributed by atoms with Gasteiger partial charge in [-0.1, -0.05) is 12.1 Å². The second-order valence-corrected chi connectivity index (χ2v) is 3.66. The molecule has 0 amide bonds. The molecular formula is C12H18N2. The molecule has 1 unspecified atom stereocenters. The van der Waals surface area contributed by atoms with Crippen LogP contribution in [0.3, 0.4) is 0 Å².